The van der Waals surface area contributed by atoms with E-state index >= 15 is 0 Å². The van der Waals surface area contributed by atoms with Crippen molar-refractivity contribution >= 4 is 0 Å². The van der Waals surface area contributed by atoms with E-state index in [1.807, 2.05) is 7.11 Å². The molecule has 122 valence electrons. The monoisotopic (exact) mass is 285 g/mol. The molecule has 2 nitrogen and oxygen atoms in total. The highest BCUT2D eigenvalue weighted by Gasteiger charge is 2.18. The molecule has 2 heteroatoms. The summed E-state index contributed by atoms with van der Waals surface area (Å²) in [6, 6.07) is 0. The number of hydrogen-bond donors (Lipinski definition) is 0. The van der Waals surface area contributed by atoms with Gasteiger partial charge in [0.05, 0.1) is 0 Å². The van der Waals surface area contributed by atoms with E-state index in [-0.39, 0.29) is 0 Å². The summed E-state index contributed by atoms with van der Waals surface area (Å²) < 4.78 is 5.27. The summed E-state index contributed by atoms with van der Waals surface area (Å²) >= 11 is 0. The Hall–Kier alpha value is -0.0800. The second-order valence-electron chi connectivity index (χ2n) is 7.29. The van der Waals surface area contributed by atoms with Crippen molar-refractivity contribution in [3.8, 4) is 0 Å². The van der Waals surface area contributed by atoms with Crippen LogP contribution in [0.25, 0.3) is 0 Å². The summed E-state index contributed by atoms with van der Waals surface area (Å²) in [4.78, 5) is 2.53. The van der Waals surface area contributed by atoms with Gasteiger partial charge >= 0.3 is 0 Å². The number of unbranched alkanes of at least 4 members (excludes halogenated alkanes) is 2. The zero-order chi connectivity index (χ0) is 15.4. The summed E-state index contributed by atoms with van der Waals surface area (Å²) in [6.07, 6.45) is 8.04. The number of nitrogens with zero attached hydrogens (tertiary/aromatic N) is 1. The molecule has 0 aliphatic heterocycles. The zero-order valence-electron chi connectivity index (χ0n) is 15.0. The minimum Gasteiger partial charge on any atom is -0.385 e. The first kappa shape index (κ1) is 19.9. The Morgan fingerprint density at radius 3 is 2.10 bits per heavy atom. The van der Waals surface area contributed by atoms with Gasteiger partial charge in [-0.1, -0.05) is 53.9 Å². The lowest BCUT2D eigenvalue weighted by Crippen LogP contribution is -2.23. The third-order valence-electron chi connectivity index (χ3n) is 4.11. The van der Waals surface area contributed by atoms with Crippen LogP contribution >= 0.6 is 0 Å². The maximum absolute atomic E-state index is 5.27. The molecule has 0 rings (SSSR count). The molecule has 1 atom stereocenters. The third-order valence-corrected chi connectivity index (χ3v) is 4.11. The Balaban J connectivity index is 3.83. The van der Waals surface area contributed by atoms with Crippen LogP contribution in [0, 0.1) is 11.3 Å². The Morgan fingerprint density at radius 1 is 0.950 bits per heavy atom. The van der Waals surface area contributed by atoms with Crippen molar-refractivity contribution in [2.24, 2.45) is 11.3 Å². The average Bonchev–Trinajstić information content (AvgIpc) is 2.38. The van der Waals surface area contributed by atoms with Crippen LogP contribution in [0.3, 0.4) is 0 Å². The van der Waals surface area contributed by atoms with Crippen LogP contribution in [-0.4, -0.2) is 38.3 Å². The van der Waals surface area contributed by atoms with Gasteiger partial charge in [-0.25, -0.2) is 0 Å². The van der Waals surface area contributed by atoms with Gasteiger partial charge in [0.2, 0.25) is 0 Å². The molecule has 0 saturated carbocycles. The Kier molecular flexibility index (Phi) is 11.5. The van der Waals surface area contributed by atoms with Crippen LogP contribution in [0.15, 0.2) is 0 Å². The predicted octanol–water partition coefficient (Wildman–Crippen LogP) is 4.98. The molecule has 0 fully saturated rings. The van der Waals surface area contributed by atoms with Gasteiger partial charge in [0.25, 0.3) is 0 Å². The molecule has 0 aromatic rings. The number of ether oxygens (including phenoxy) is 1. The minimum absolute atomic E-state index is 0.444. The highest BCUT2D eigenvalue weighted by Crippen LogP contribution is 2.29. The van der Waals surface area contributed by atoms with E-state index < -0.39 is 0 Å². The first-order valence-electron chi connectivity index (χ1n) is 8.64. The number of rotatable bonds is 12. The Morgan fingerprint density at radius 2 is 1.60 bits per heavy atom. The van der Waals surface area contributed by atoms with Crippen molar-refractivity contribution in [3.63, 3.8) is 0 Å². The van der Waals surface area contributed by atoms with E-state index in [0.29, 0.717) is 5.41 Å². The number of methoxy groups -OCH3 is 1. The molecular formula is C18H39NO. The molecule has 0 amide bonds. The minimum atomic E-state index is 0.444. The lowest BCUT2D eigenvalue weighted by molar-refractivity contribution is 0.157. The highest BCUT2D eigenvalue weighted by molar-refractivity contribution is 4.70. The van der Waals surface area contributed by atoms with E-state index in [4.69, 9.17) is 4.74 Å². The lowest BCUT2D eigenvalue weighted by atomic mass is 9.81. The quantitative estimate of drug-likeness (QED) is 0.469. The topological polar surface area (TPSA) is 12.5 Å². The summed E-state index contributed by atoms with van der Waals surface area (Å²) in [5.41, 5.74) is 0.444. The molecule has 0 spiro atoms. The second kappa shape index (κ2) is 11.6. The van der Waals surface area contributed by atoms with E-state index in [0.717, 1.165) is 12.5 Å². The predicted molar refractivity (Wildman–Crippen MR) is 90.3 cm³/mol. The SMILES string of the molecule is CCN(CC)CCCCC[C@H](CCOC)CC(C)(C)C. The van der Waals surface area contributed by atoms with Crippen LogP contribution in [0.2, 0.25) is 0 Å². The van der Waals surface area contributed by atoms with Crippen molar-refractivity contribution in [1.82, 2.24) is 4.90 Å². The van der Waals surface area contributed by atoms with Crippen LogP contribution in [0.5, 0.6) is 0 Å². The van der Waals surface area contributed by atoms with E-state index in [1.54, 1.807) is 0 Å². The van der Waals surface area contributed by atoms with Crippen LogP contribution in [0.4, 0.5) is 0 Å². The molecular weight excluding hydrogens is 246 g/mol. The molecule has 0 aromatic heterocycles. The molecule has 0 bridgehead atoms. The molecule has 0 saturated heterocycles. The second-order valence-corrected chi connectivity index (χ2v) is 7.29. The van der Waals surface area contributed by atoms with E-state index in [9.17, 15) is 0 Å². The fourth-order valence-electron chi connectivity index (χ4n) is 2.98. The molecule has 0 radical (unpaired) electrons. The Labute approximate surface area is 128 Å². The maximum atomic E-state index is 5.27. The van der Waals surface area contributed by atoms with E-state index in [2.05, 4.69) is 39.5 Å². The van der Waals surface area contributed by atoms with Gasteiger partial charge in [0.15, 0.2) is 0 Å². The molecule has 20 heavy (non-hydrogen) atoms. The standard InChI is InChI=1S/C18H39NO/c1-7-19(8-2)14-11-9-10-12-17(13-15-20-6)16-18(3,4)5/h17H,7-16H2,1-6H3/t17-/m1/s1. The maximum Gasteiger partial charge on any atom is 0.0464 e. The van der Waals surface area contributed by atoms with Gasteiger partial charge in [-0.2, -0.15) is 0 Å². The van der Waals surface area contributed by atoms with Crippen LogP contribution < -0.4 is 0 Å². The third kappa shape index (κ3) is 11.7. The average molecular weight is 286 g/mol. The molecule has 0 aliphatic rings. The van der Waals surface area contributed by atoms with Crippen LogP contribution in [-0.2, 0) is 4.74 Å². The van der Waals surface area contributed by atoms with Crippen molar-refractivity contribution < 1.29 is 4.74 Å². The lowest BCUT2D eigenvalue weighted by Gasteiger charge is -2.26. The highest BCUT2D eigenvalue weighted by atomic mass is 16.5. The molecule has 0 aliphatic carbocycles. The van der Waals surface area contributed by atoms with Crippen molar-refractivity contribution in [1.29, 1.82) is 0 Å². The molecule has 0 N–H and O–H groups in total. The molecule has 0 heterocycles. The van der Waals surface area contributed by atoms with Crippen molar-refractivity contribution in [2.45, 2.75) is 73.1 Å². The normalized spacial score (nSPS) is 13.9. The first-order chi connectivity index (χ1) is 9.42. The largest absolute Gasteiger partial charge is 0.385 e. The van der Waals surface area contributed by atoms with Gasteiger partial charge in [0, 0.05) is 13.7 Å². The summed E-state index contributed by atoms with van der Waals surface area (Å²) in [5.74, 6) is 0.836. The summed E-state index contributed by atoms with van der Waals surface area (Å²) in [5, 5.41) is 0. The van der Waals surface area contributed by atoms with E-state index in [1.165, 1.54) is 58.2 Å². The first-order valence-corrected chi connectivity index (χ1v) is 8.64. The van der Waals surface area contributed by atoms with Crippen molar-refractivity contribution in [3.05, 3.63) is 0 Å². The Bertz CT molecular complexity index is 206. The number of hydrogen-bond acceptors (Lipinski definition) is 2. The molecule has 0 aromatic carbocycles. The molecule has 0 unspecified atom stereocenters. The fourth-order valence-corrected chi connectivity index (χ4v) is 2.98. The summed E-state index contributed by atoms with van der Waals surface area (Å²) in [6.45, 7) is 16.2. The van der Waals surface area contributed by atoms with Crippen LogP contribution in [0.1, 0.15) is 73.1 Å². The summed E-state index contributed by atoms with van der Waals surface area (Å²) in [7, 11) is 1.82. The van der Waals surface area contributed by atoms with Gasteiger partial charge in [-0.3, -0.25) is 0 Å². The van der Waals surface area contributed by atoms with Gasteiger partial charge in [-0.05, 0) is 50.2 Å². The van der Waals surface area contributed by atoms with Crippen molar-refractivity contribution in [2.75, 3.05) is 33.4 Å². The smallest absolute Gasteiger partial charge is 0.0464 e. The van der Waals surface area contributed by atoms with Gasteiger partial charge in [0.1, 0.15) is 0 Å². The fraction of sp³-hybridized carbons (Fsp3) is 1.00. The zero-order valence-corrected chi connectivity index (χ0v) is 15.0. The van der Waals surface area contributed by atoms with Gasteiger partial charge < -0.3 is 9.64 Å². The van der Waals surface area contributed by atoms with Gasteiger partial charge in [-0.15, -0.1) is 0 Å².